The van der Waals surface area contributed by atoms with Crippen molar-refractivity contribution in [1.29, 1.82) is 0 Å². The van der Waals surface area contributed by atoms with Gasteiger partial charge in [0.1, 0.15) is 0 Å². The third-order valence-electron chi connectivity index (χ3n) is 7.61. The SMILES string of the molecule is CC(C)C(Nc1ccc(CN2CCCCC2)cc1)=C1C(=O)Nc2ccc(C(=O)N[C@H](C)c3ccccc3)cc21. The Bertz CT molecular complexity index is 1360. The molecule has 0 saturated carbocycles. The molecule has 1 fully saturated rings. The van der Waals surface area contributed by atoms with Crippen LogP contribution in [-0.4, -0.2) is 29.8 Å². The van der Waals surface area contributed by atoms with Crippen LogP contribution in [0.15, 0.2) is 78.5 Å². The molecule has 39 heavy (non-hydrogen) atoms. The Balaban J connectivity index is 1.37. The first-order valence-corrected chi connectivity index (χ1v) is 14.0. The first-order valence-electron chi connectivity index (χ1n) is 14.0. The Morgan fingerprint density at radius 3 is 2.33 bits per heavy atom. The molecule has 3 aromatic carbocycles. The van der Waals surface area contributed by atoms with Gasteiger partial charge in [-0.3, -0.25) is 14.5 Å². The maximum absolute atomic E-state index is 13.2. The average molecular weight is 523 g/mol. The van der Waals surface area contributed by atoms with E-state index in [4.69, 9.17) is 0 Å². The Morgan fingerprint density at radius 2 is 1.64 bits per heavy atom. The molecule has 0 unspecified atom stereocenters. The average Bonchev–Trinajstić information content (AvgIpc) is 3.28. The number of benzene rings is 3. The number of likely N-dealkylation sites (tertiary alicyclic amines) is 1. The molecule has 2 heterocycles. The van der Waals surface area contributed by atoms with Crippen LogP contribution in [0.3, 0.4) is 0 Å². The number of amides is 2. The summed E-state index contributed by atoms with van der Waals surface area (Å²) in [6.07, 6.45) is 3.90. The topological polar surface area (TPSA) is 73.5 Å². The fraction of sp³-hybridized carbons (Fsp3) is 0.333. The first kappa shape index (κ1) is 26.7. The molecule has 3 N–H and O–H groups in total. The highest BCUT2D eigenvalue weighted by molar-refractivity contribution is 6.32. The lowest BCUT2D eigenvalue weighted by Crippen LogP contribution is -2.29. The van der Waals surface area contributed by atoms with Crippen molar-refractivity contribution in [2.24, 2.45) is 5.92 Å². The zero-order valence-corrected chi connectivity index (χ0v) is 23.1. The number of fused-ring (bicyclic) bond motifs is 1. The highest BCUT2D eigenvalue weighted by Crippen LogP contribution is 2.37. The Labute approximate surface area is 231 Å². The Kier molecular flexibility index (Phi) is 8.13. The van der Waals surface area contributed by atoms with Crippen molar-refractivity contribution < 1.29 is 9.59 Å². The lowest BCUT2D eigenvalue weighted by atomic mass is 9.96. The number of rotatable bonds is 8. The van der Waals surface area contributed by atoms with Gasteiger partial charge < -0.3 is 16.0 Å². The second kappa shape index (κ2) is 11.9. The van der Waals surface area contributed by atoms with Gasteiger partial charge in [0.15, 0.2) is 0 Å². The summed E-state index contributed by atoms with van der Waals surface area (Å²) in [5.41, 5.74) is 6.70. The van der Waals surface area contributed by atoms with E-state index in [1.807, 2.05) is 49.4 Å². The van der Waals surface area contributed by atoms with Crippen molar-refractivity contribution in [2.45, 2.75) is 52.6 Å². The monoisotopic (exact) mass is 522 g/mol. The lowest BCUT2D eigenvalue weighted by molar-refractivity contribution is -0.110. The van der Waals surface area contributed by atoms with E-state index in [1.165, 1.54) is 37.9 Å². The molecule has 0 aromatic heterocycles. The molecule has 2 amide bonds. The van der Waals surface area contributed by atoms with Crippen molar-refractivity contribution in [3.63, 3.8) is 0 Å². The molecule has 2 aliphatic rings. The van der Waals surface area contributed by atoms with E-state index in [1.54, 1.807) is 6.07 Å². The first-order chi connectivity index (χ1) is 18.9. The quantitative estimate of drug-likeness (QED) is 0.292. The molecule has 5 rings (SSSR count). The van der Waals surface area contributed by atoms with Crippen LogP contribution in [0.5, 0.6) is 0 Å². The number of carbonyl (C=O) groups excluding carboxylic acids is 2. The van der Waals surface area contributed by atoms with Crippen LogP contribution >= 0.6 is 0 Å². The summed E-state index contributed by atoms with van der Waals surface area (Å²) in [6, 6.07) is 23.7. The summed E-state index contributed by atoms with van der Waals surface area (Å²) < 4.78 is 0. The molecule has 202 valence electrons. The van der Waals surface area contributed by atoms with Gasteiger partial charge in [0, 0.05) is 34.7 Å². The molecular formula is C33H38N4O2. The number of allylic oxidation sites excluding steroid dienone is 1. The predicted octanol–water partition coefficient (Wildman–Crippen LogP) is 6.59. The van der Waals surface area contributed by atoms with Crippen LogP contribution in [0.2, 0.25) is 0 Å². The molecule has 1 atom stereocenters. The minimum atomic E-state index is -0.170. The van der Waals surface area contributed by atoms with Gasteiger partial charge >= 0.3 is 0 Å². The minimum Gasteiger partial charge on any atom is -0.358 e. The van der Waals surface area contributed by atoms with Gasteiger partial charge in [0.2, 0.25) is 0 Å². The minimum absolute atomic E-state index is 0.0697. The van der Waals surface area contributed by atoms with Gasteiger partial charge in [-0.2, -0.15) is 0 Å². The molecule has 0 bridgehead atoms. The fourth-order valence-corrected chi connectivity index (χ4v) is 5.40. The molecule has 6 nitrogen and oxygen atoms in total. The molecule has 0 radical (unpaired) electrons. The van der Waals surface area contributed by atoms with Crippen molar-refractivity contribution in [2.75, 3.05) is 23.7 Å². The standard InChI is InChI=1S/C33H38N4O2/c1-22(2)31(35-27-15-12-24(13-16-27)21-37-18-8-5-9-19-37)30-28-20-26(14-17-29(28)36-33(30)39)32(38)34-23(3)25-10-6-4-7-11-25/h4,6-7,10-17,20,22-23,35H,5,8-9,18-19,21H2,1-3H3,(H,34,38)(H,36,39)/t23-/m1/s1. The highest BCUT2D eigenvalue weighted by Gasteiger charge is 2.30. The van der Waals surface area contributed by atoms with Crippen LogP contribution in [0.1, 0.15) is 73.1 Å². The van der Waals surface area contributed by atoms with Crippen molar-refractivity contribution >= 4 is 28.8 Å². The lowest BCUT2D eigenvalue weighted by Gasteiger charge is -2.26. The van der Waals surface area contributed by atoms with Crippen LogP contribution in [0.25, 0.3) is 5.57 Å². The van der Waals surface area contributed by atoms with Gasteiger partial charge in [-0.25, -0.2) is 0 Å². The van der Waals surface area contributed by atoms with E-state index in [0.717, 1.165) is 34.7 Å². The Hall–Kier alpha value is -3.90. The summed E-state index contributed by atoms with van der Waals surface area (Å²) in [5, 5.41) is 9.59. The van der Waals surface area contributed by atoms with Crippen LogP contribution in [-0.2, 0) is 11.3 Å². The van der Waals surface area contributed by atoms with Crippen LogP contribution in [0, 0.1) is 5.92 Å². The number of hydrogen-bond donors (Lipinski definition) is 3. The number of anilines is 2. The van der Waals surface area contributed by atoms with E-state index in [9.17, 15) is 9.59 Å². The number of hydrogen-bond acceptors (Lipinski definition) is 4. The maximum atomic E-state index is 13.2. The summed E-state index contributed by atoms with van der Waals surface area (Å²) in [4.78, 5) is 28.8. The van der Waals surface area contributed by atoms with Gasteiger partial charge in [-0.05, 0) is 80.2 Å². The molecule has 2 aliphatic heterocycles. The highest BCUT2D eigenvalue weighted by atomic mass is 16.2. The summed E-state index contributed by atoms with van der Waals surface area (Å²) in [7, 11) is 0. The molecule has 0 spiro atoms. The number of nitrogens with one attached hydrogen (secondary N) is 3. The van der Waals surface area contributed by atoms with Gasteiger partial charge in [0.25, 0.3) is 11.8 Å². The van der Waals surface area contributed by atoms with Crippen LogP contribution in [0.4, 0.5) is 11.4 Å². The third kappa shape index (κ3) is 6.23. The second-order valence-electron chi connectivity index (χ2n) is 10.9. The van der Waals surface area contributed by atoms with E-state index in [-0.39, 0.29) is 23.8 Å². The zero-order chi connectivity index (χ0) is 27.4. The maximum Gasteiger partial charge on any atom is 0.258 e. The Morgan fingerprint density at radius 1 is 0.923 bits per heavy atom. The zero-order valence-electron chi connectivity index (χ0n) is 23.1. The third-order valence-corrected chi connectivity index (χ3v) is 7.61. The number of nitrogens with zero attached hydrogens (tertiary/aromatic N) is 1. The van der Waals surface area contributed by atoms with Crippen molar-refractivity contribution in [3.05, 3.63) is 101 Å². The largest absolute Gasteiger partial charge is 0.358 e. The normalized spacial score (nSPS) is 17.4. The molecule has 0 aliphatic carbocycles. The summed E-state index contributed by atoms with van der Waals surface area (Å²) in [6.45, 7) is 9.43. The fourth-order valence-electron chi connectivity index (χ4n) is 5.40. The van der Waals surface area contributed by atoms with E-state index in [0.29, 0.717) is 11.1 Å². The van der Waals surface area contributed by atoms with E-state index in [2.05, 4.69) is 59.0 Å². The molecule has 3 aromatic rings. The van der Waals surface area contributed by atoms with Crippen LogP contribution < -0.4 is 16.0 Å². The molecule has 6 heteroatoms. The van der Waals surface area contributed by atoms with Crippen molar-refractivity contribution in [1.82, 2.24) is 10.2 Å². The van der Waals surface area contributed by atoms with E-state index < -0.39 is 0 Å². The summed E-state index contributed by atoms with van der Waals surface area (Å²) in [5.74, 6) is -0.255. The second-order valence-corrected chi connectivity index (χ2v) is 10.9. The summed E-state index contributed by atoms with van der Waals surface area (Å²) >= 11 is 0. The van der Waals surface area contributed by atoms with Gasteiger partial charge in [-0.1, -0.05) is 62.7 Å². The van der Waals surface area contributed by atoms with E-state index >= 15 is 0 Å². The smallest absolute Gasteiger partial charge is 0.258 e. The van der Waals surface area contributed by atoms with Gasteiger partial charge in [-0.15, -0.1) is 0 Å². The molecular weight excluding hydrogens is 484 g/mol. The number of carbonyl (C=O) groups is 2. The van der Waals surface area contributed by atoms with Gasteiger partial charge in [0.05, 0.1) is 11.6 Å². The number of piperidine rings is 1. The predicted molar refractivity (Wildman–Crippen MR) is 158 cm³/mol. The van der Waals surface area contributed by atoms with Crippen molar-refractivity contribution in [3.8, 4) is 0 Å². The molecule has 1 saturated heterocycles.